The molecule has 1 aliphatic rings. The maximum absolute atomic E-state index is 11.7. The maximum atomic E-state index is 11.7. The second-order valence-electron chi connectivity index (χ2n) is 8.00. The zero-order valence-corrected chi connectivity index (χ0v) is 15.6. The highest BCUT2D eigenvalue weighted by Gasteiger charge is 2.52. The summed E-state index contributed by atoms with van der Waals surface area (Å²) in [7, 11) is -0.517. The zero-order chi connectivity index (χ0) is 18.2. The minimum atomic E-state index is -0.526. The van der Waals surface area contributed by atoms with Gasteiger partial charge in [0.2, 0.25) is 0 Å². The first-order chi connectivity index (χ1) is 10.9. The topological polar surface area (TPSA) is 69.7 Å². The van der Waals surface area contributed by atoms with Crippen LogP contribution < -0.4 is 10.9 Å². The van der Waals surface area contributed by atoms with Crippen LogP contribution in [-0.4, -0.2) is 35.0 Å². The van der Waals surface area contributed by atoms with Crippen molar-refractivity contribution in [3.63, 3.8) is 0 Å². The van der Waals surface area contributed by atoms with Gasteiger partial charge in [-0.15, -0.1) is 0 Å². The number of alkyl carbamates (subject to hydrolysis) is 1. The van der Waals surface area contributed by atoms with Crippen molar-refractivity contribution < 1.29 is 18.8 Å². The number of carbonyl (C=O) groups is 1. The third-order valence-electron chi connectivity index (χ3n) is 4.14. The largest absolute Gasteiger partial charge is 0.514 e. The molecule has 2 heterocycles. The minimum Gasteiger partial charge on any atom is -0.444 e. The van der Waals surface area contributed by atoms with Crippen molar-refractivity contribution in [1.29, 1.82) is 0 Å². The normalized spacial score (nSPS) is 19.2. The summed E-state index contributed by atoms with van der Waals surface area (Å²) in [6.07, 6.45) is -0.467. The van der Waals surface area contributed by atoms with Crippen LogP contribution in [0.25, 0.3) is 0 Å². The standard InChI is InChI=1S/C17H27BN2O4/c1-15(2,3)22-14(21)19-11-12-9-8-10-13(20-12)18-23-16(4,5)17(6,7)24-18/h8-10H,11H2,1-7H3,(H,19,21). The Morgan fingerprint density at radius 1 is 1.21 bits per heavy atom. The van der Waals surface area contributed by atoms with Crippen molar-refractivity contribution in [2.75, 3.05) is 0 Å². The van der Waals surface area contributed by atoms with E-state index >= 15 is 0 Å². The molecule has 1 aromatic heterocycles. The predicted octanol–water partition coefficient (Wildman–Crippen LogP) is 2.41. The highest BCUT2D eigenvalue weighted by atomic mass is 16.7. The average Bonchev–Trinajstić information content (AvgIpc) is 2.64. The minimum absolute atomic E-state index is 0.280. The van der Waals surface area contributed by atoms with Crippen molar-refractivity contribution in [1.82, 2.24) is 10.3 Å². The fraction of sp³-hybridized carbons (Fsp3) is 0.647. The zero-order valence-electron chi connectivity index (χ0n) is 15.6. The van der Waals surface area contributed by atoms with Crippen LogP contribution in [0.1, 0.15) is 54.2 Å². The molecule has 1 aromatic rings. The summed E-state index contributed by atoms with van der Waals surface area (Å²) < 4.78 is 17.2. The highest BCUT2D eigenvalue weighted by Crippen LogP contribution is 2.36. The number of pyridine rings is 1. The van der Waals surface area contributed by atoms with Crippen molar-refractivity contribution >= 4 is 18.8 Å². The van der Waals surface area contributed by atoms with Crippen molar-refractivity contribution in [2.24, 2.45) is 0 Å². The number of hydrogen-bond donors (Lipinski definition) is 1. The summed E-state index contributed by atoms with van der Waals surface area (Å²) in [5.41, 5.74) is 0.0567. The van der Waals surface area contributed by atoms with Crippen LogP contribution in [0.3, 0.4) is 0 Å². The monoisotopic (exact) mass is 334 g/mol. The predicted molar refractivity (Wildman–Crippen MR) is 93.0 cm³/mol. The lowest BCUT2D eigenvalue weighted by Gasteiger charge is -2.32. The van der Waals surface area contributed by atoms with E-state index in [0.717, 1.165) is 0 Å². The Morgan fingerprint density at radius 2 is 1.79 bits per heavy atom. The summed E-state index contributed by atoms with van der Waals surface area (Å²) >= 11 is 0. The van der Waals surface area contributed by atoms with Gasteiger partial charge >= 0.3 is 13.2 Å². The van der Waals surface area contributed by atoms with Gasteiger partial charge in [-0.25, -0.2) is 4.79 Å². The molecule has 0 aromatic carbocycles. The summed E-state index contributed by atoms with van der Waals surface area (Å²) in [6, 6.07) is 5.57. The molecule has 2 rings (SSSR count). The smallest absolute Gasteiger partial charge is 0.444 e. The number of aromatic nitrogens is 1. The number of carbonyl (C=O) groups excluding carboxylic acids is 1. The fourth-order valence-corrected chi connectivity index (χ4v) is 2.17. The van der Waals surface area contributed by atoms with E-state index in [9.17, 15) is 4.79 Å². The van der Waals surface area contributed by atoms with Crippen LogP contribution in [0, 0.1) is 0 Å². The molecule has 24 heavy (non-hydrogen) atoms. The second-order valence-corrected chi connectivity index (χ2v) is 8.00. The van der Waals surface area contributed by atoms with Gasteiger partial charge in [-0.1, -0.05) is 6.07 Å². The van der Waals surface area contributed by atoms with E-state index < -0.39 is 30.0 Å². The van der Waals surface area contributed by atoms with E-state index in [2.05, 4.69) is 10.3 Å². The number of ether oxygens (including phenoxy) is 1. The molecule has 0 radical (unpaired) electrons. The average molecular weight is 334 g/mol. The van der Waals surface area contributed by atoms with E-state index in [4.69, 9.17) is 14.0 Å². The molecule has 1 N–H and O–H groups in total. The molecule has 0 spiro atoms. The number of nitrogens with zero attached hydrogens (tertiary/aromatic N) is 1. The summed E-state index contributed by atoms with van der Waals surface area (Å²) in [5, 5.41) is 2.70. The first-order valence-corrected chi connectivity index (χ1v) is 8.18. The Kier molecular flexibility index (Phi) is 4.97. The van der Waals surface area contributed by atoms with Crippen LogP contribution in [0.5, 0.6) is 0 Å². The first-order valence-electron chi connectivity index (χ1n) is 8.18. The van der Waals surface area contributed by atoms with E-state index in [1.165, 1.54) is 0 Å². The molecule has 0 saturated carbocycles. The Bertz CT molecular complexity index is 595. The molecule has 1 amide bonds. The SMILES string of the molecule is CC(C)(C)OC(=O)NCc1cccc(B2OC(C)(C)C(C)(C)O2)n1. The second kappa shape index (κ2) is 6.37. The van der Waals surface area contributed by atoms with E-state index in [1.807, 2.05) is 66.7 Å². The molecule has 1 saturated heterocycles. The van der Waals surface area contributed by atoms with E-state index in [-0.39, 0.29) is 6.54 Å². The molecule has 0 unspecified atom stereocenters. The van der Waals surface area contributed by atoms with E-state index in [1.54, 1.807) is 0 Å². The van der Waals surface area contributed by atoms with Gasteiger partial charge in [0.05, 0.1) is 29.0 Å². The quantitative estimate of drug-likeness (QED) is 0.860. The Labute approximate surface area is 144 Å². The van der Waals surface area contributed by atoms with Crippen molar-refractivity contribution in [3.05, 3.63) is 23.9 Å². The van der Waals surface area contributed by atoms with Crippen LogP contribution >= 0.6 is 0 Å². The Hall–Kier alpha value is -1.60. The summed E-state index contributed by atoms with van der Waals surface area (Å²) in [4.78, 5) is 16.3. The molecular formula is C17H27BN2O4. The molecule has 0 aliphatic carbocycles. The fourth-order valence-electron chi connectivity index (χ4n) is 2.17. The molecule has 6 nitrogen and oxygen atoms in total. The van der Waals surface area contributed by atoms with Gasteiger partial charge < -0.3 is 19.4 Å². The van der Waals surface area contributed by atoms with Gasteiger partial charge in [-0.2, -0.15) is 0 Å². The third-order valence-corrected chi connectivity index (χ3v) is 4.14. The van der Waals surface area contributed by atoms with Crippen molar-refractivity contribution in [2.45, 2.75) is 71.8 Å². The van der Waals surface area contributed by atoms with Gasteiger partial charge in [0.15, 0.2) is 0 Å². The van der Waals surface area contributed by atoms with Gasteiger partial charge in [0, 0.05) is 0 Å². The lowest BCUT2D eigenvalue weighted by atomic mass is 9.84. The van der Waals surface area contributed by atoms with E-state index in [0.29, 0.717) is 11.3 Å². The third kappa shape index (κ3) is 4.48. The van der Waals surface area contributed by atoms with Gasteiger partial charge in [0.1, 0.15) is 5.60 Å². The summed E-state index contributed by atoms with van der Waals surface area (Å²) in [6.45, 7) is 13.8. The van der Waals surface area contributed by atoms with Gasteiger partial charge in [-0.05, 0) is 60.6 Å². The molecule has 0 atom stereocenters. The number of amides is 1. The lowest BCUT2D eigenvalue weighted by molar-refractivity contribution is 0.00578. The van der Waals surface area contributed by atoms with Crippen LogP contribution in [0.2, 0.25) is 0 Å². The molecule has 1 aliphatic heterocycles. The number of nitrogens with one attached hydrogen (secondary N) is 1. The molecule has 0 bridgehead atoms. The number of rotatable bonds is 3. The maximum Gasteiger partial charge on any atom is 0.514 e. The van der Waals surface area contributed by atoms with Crippen LogP contribution in [0.4, 0.5) is 4.79 Å². The summed E-state index contributed by atoms with van der Waals surface area (Å²) in [5.74, 6) is 0. The molecule has 7 heteroatoms. The molecule has 1 fully saturated rings. The highest BCUT2D eigenvalue weighted by molar-refractivity contribution is 6.61. The Morgan fingerprint density at radius 3 is 2.33 bits per heavy atom. The molecular weight excluding hydrogens is 307 g/mol. The molecule has 132 valence electrons. The van der Waals surface area contributed by atoms with Crippen LogP contribution in [-0.2, 0) is 20.6 Å². The van der Waals surface area contributed by atoms with Crippen molar-refractivity contribution in [3.8, 4) is 0 Å². The lowest BCUT2D eigenvalue weighted by Crippen LogP contribution is -2.41. The first kappa shape index (κ1) is 18.7. The number of hydrogen-bond acceptors (Lipinski definition) is 5. The Balaban J connectivity index is 2.01. The van der Waals surface area contributed by atoms with Gasteiger partial charge in [0.25, 0.3) is 0 Å². The van der Waals surface area contributed by atoms with Gasteiger partial charge in [-0.3, -0.25) is 4.98 Å². The van der Waals surface area contributed by atoms with Crippen LogP contribution in [0.15, 0.2) is 18.2 Å².